The Hall–Kier alpha value is -1.84. The van der Waals surface area contributed by atoms with Gasteiger partial charge in [-0.25, -0.2) is 4.99 Å². The van der Waals surface area contributed by atoms with E-state index in [0.29, 0.717) is 12.6 Å². The molecule has 8 heteroatoms. The minimum Gasteiger partial charge on any atom is -0.369 e. The lowest BCUT2D eigenvalue weighted by Gasteiger charge is -2.20. The number of anilines is 1. The monoisotopic (exact) mass is 509 g/mol. The minimum atomic E-state index is 0. The number of halogens is 1. The Morgan fingerprint density at radius 1 is 1.14 bits per heavy atom. The molecule has 4 rings (SSSR count). The van der Waals surface area contributed by atoms with Crippen molar-refractivity contribution in [1.82, 2.24) is 25.4 Å². The average Bonchev–Trinajstić information content (AvgIpc) is 3.27. The van der Waals surface area contributed by atoms with Gasteiger partial charge in [0.15, 0.2) is 11.8 Å². The molecule has 7 nitrogen and oxygen atoms in total. The first-order chi connectivity index (χ1) is 13.8. The second-order valence-corrected chi connectivity index (χ2v) is 7.60. The van der Waals surface area contributed by atoms with Crippen LogP contribution in [0.2, 0.25) is 0 Å². The van der Waals surface area contributed by atoms with Crippen LogP contribution in [-0.4, -0.2) is 46.4 Å². The quantitative estimate of drug-likeness (QED) is 0.369. The Bertz CT molecular complexity index is 790. The van der Waals surface area contributed by atoms with Crippen LogP contribution in [0.1, 0.15) is 44.3 Å². The molecule has 0 aliphatic carbocycles. The number of nitrogens with zero attached hydrogens (tertiary/aromatic N) is 5. The van der Waals surface area contributed by atoms with Crippen molar-refractivity contribution in [2.75, 3.05) is 24.5 Å². The van der Waals surface area contributed by atoms with Crippen molar-refractivity contribution < 1.29 is 0 Å². The average molecular weight is 509 g/mol. The lowest BCUT2D eigenvalue weighted by atomic mass is 10.2. The van der Waals surface area contributed by atoms with Gasteiger partial charge in [-0.3, -0.25) is 0 Å². The number of aryl methyl sites for hydroxylation is 1. The summed E-state index contributed by atoms with van der Waals surface area (Å²) in [6, 6.07) is 11.0. The van der Waals surface area contributed by atoms with Crippen LogP contribution in [0.3, 0.4) is 0 Å². The van der Waals surface area contributed by atoms with Gasteiger partial charge in [-0.2, -0.15) is 0 Å². The predicted molar refractivity (Wildman–Crippen MR) is 128 cm³/mol. The van der Waals surface area contributed by atoms with Gasteiger partial charge < -0.3 is 20.1 Å². The zero-order chi connectivity index (χ0) is 19.2. The number of aromatic nitrogens is 3. The summed E-state index contributed by atoms with van der Waals surface area (Å²) in [4.78, 5) is 7.24. The van der Waals surface area contributed by atoms with Gasteiger partial charge in [0.05, 0.1) is 0 Å². The number of fused-ring (bicyclic) bond motifs is 1. The highest BCUT2D eigenvalue weighted by molar-refractivity contribution is 14.0. The molecule has 158 valence electrons. The summed E-state index contributed by atoms with van der Waals surface area (Å²) >= 11 is 0. The Kier molecular flexibility index (Phi) is 8.14. The molecule has 1 aromatic carbocycles. The molecule has 1 unspecified atom stereocenters. The van der Waals surface area contributed by atoms with Crippen LogP contribution in [0.4, 0.5) is 5.69 Å². The molecular weight excluding hydrogens is 477 g/mol. The maximum Gasteiger partial charge on any atom is 0.191 e. The summed E-state index contributed by atoms with van der Waals surface area (Å²) in [5.41, 5.74) is 1.29. The number of hydrogen-bond donors (Lipinski definition) is 2. The second-order valence-electron chi connectivity index (χ2n) is 7.60. The van der Waals surface area contributed by atoms with Crippen LogP contribution in [0.5, 0.6) is 0 Å². The highest BCUT2D eigenvalue weighted by Crippen LogP contribution is 2.19. The predicted octanol–water partition coefficient (Wildman–Crippen LogP) is 2.96. The first kappa shape index (κ1) is 21.9. The van der Waals surface area contributed by atoms with Crippen LogP contribution >= 0.6 is 24.0 Å². The molecule has 1 saturated heterocycles. The molecule has 0 amide bonds. The van der Waals surface area contributed by atoms with Gasteiger partial charge in [0, 0.05) is 44.3 Å². The van der Waals surface area contributed by atoms with Crippen LogP contribution in [0.25, 0.3) is 0 Å². The van der Waals surface area contributed by atoms with Gasteiger partial charge in [0.2, 0.25) is 0 Å². The largest absolute Gasteiger partial charge is 0.369 e. The number of hydrogen-bond acceptors (Lipinski definition) is 4. The van der Waals surface area contributed by atoms with E-state index in [-0.39, 0.29) is 24.0 Å². The summed E-state index contributed by atoms with van der Waals surface area (Å²) in [6.07, 6.45) is 5.84. The van der Waals surface area contributed by atoms with E-state index in [0.717, 1.165) is 56.6 Å². The standard InChI is InChI=1S/C21H31N7.HI/c1-2-22-21(23-15-20-26-25-19-11-7-4-8-13-28(19)20)24-17-12-14-27(16-17)18-9-5-3-6-10-18;/h3,5-6,9-10,17H,2,4,7-8,11-16H2,1H3,(H2,22,23,24);1H. The first-order valence-corrected chi connectivity index (χ1v) is 10.6. The molecular formula is C21H32IN7. The van der Waals surface area contributed by atoms with Crippen molar-refractivity contribution in [2.24, 2.45) is 4.99 Å². The van der Waals surface area contributed by atoms with E-state index in [9.17, 15) is 0 Å². The summed E-state index contributed by atoms with van der Waals surface area (Å²) in [5, 5.41) is 15.8. The van der Waals surface area contributed by atoms with Crippen molar-refractivity contribution in [3.63, 3.8) is 0 Å². The van der Waals surface area contributed by atoms with E-state index in [1.54, 1.807) is 0 Å². The summed E-state index contributed by atoms with van der Waals surface area (Å²) in [6.45, 7) is 6.60. The SMILES string of the molecule is CCNC(=NCc1nnc2n1CCCCC2)NC1CCN(c2ccccc2)C1.I. The van der Waals surface area contributed by atoms with Gasteiger partial charge >= 0.3 is 0 Å². The first-order valence-electron chi connectivity index (χ1n) is 10.6. The Balaban J connectivity index is 0.00000240. The van der Waals surface area contributed by atoms with E-state index in [1.165, 1.54) is 24.9 Å². The summed E-state index contributed by atoms with van der Waals surface area (Å²) in [7, 11) is 0. The number of para-hydroxylation sites is 1. The Morgan fingerprint density at radius 2 is 2.00 bits per heavy atom. The van der Waals surface area contributed by atoms with E-state index in [4.69, 9.17) is 4.99 Å². The molecule has 1 fully saturated rings. The molecule has 2 aliphatic heterocycles. The Labute approximate surface area is 190 Å². The lowest BCUT2D eigenvalue weighted by Crippen LogP contribution is -2.44. The van der Waals surface area contributed by atoms with Crippen LogP contribution in [0, 0.1) is 0 Å². The fourth-order valence-electron chi connectivity index (χ4n) is 4.08. The normalized spacial score (nSPS) is 19.3. The molecule has 3 heterocycles. The number of guanidine groups is 1. The third-order valence-corrected chi connectivity index (χ3v) is 5.56. The number of nitrogens with one attached hydrogen (secondary N) is 2. The molecule has 2 aromatic rings. The minimum absolute atomic E-state index is 0. The lowest BCUT2D eigenvalue weighted by molar-refractivity contribution is 0.603. The van der Waals surface area contributed by atoms with Crippen molar-refractivity contribution in [3.05, 3.63) is 42.0 Å². The van der Waals surface area contributed by atoms with Crippen molar-refractivity contribution in [3.8, 4) is 0 Å². The van der Waals surface area contributed by atoms with E-state index >= 15 is 0 Å². The van der Waals surface area contributed by atoms with Crippen molar-refractivity contribution in [2.45, 2.75) is 58.2 Å². The molecule has 1 atom stereocenters. The maximum absolute atomic E-state index is 4.81. The zero-order valence-corrected chi connectivity index (χ0v) is 19.5. The molecule has 1 aromatic heterocycles. The highest BCUT2D eigenvalue weighted by Gasteiger charge is 2.23. The topological polar surface area (TPSA) is 70.4 Å². The van der Waals surface area contributed by atoms with Gasteiger partial charge in [-0.05, 0) is 38.3 Å². The number of aliphatic imine (C=N–C) groups is 1. The molecule has 29 heavy (non-hydrogen) atoms. The molecule has 2 aliphatic rings. The second kappa shape index (κ2) is 10.8. The molecule has 0 radical (unpaired) electrons. The van der Waals surface area contributed by atoms with E-state index in [1.807, 2.05) is 0 Å². The molecule has 2 N–H and O–H groups in total. The zero-order valence-electron chi connectivity index (χ0n) is 17.2. The maximum atomic E-state index is 4.81. The third kappa shape index (κ3) is 5.61. The van der Waals surface area contributed by atoms with Gasteiger partial charge in [-0.15, -0.1) is 34.2 Å². The van der Waals surface area contributed by atoms with Gasteiger partial charge in [-0.1, -0.05) is 24.6 Å². The van der Waals surface area contributed by atoms with Crippen LogP contribution in [-0.2, 0) is 19.5 Å². The fourth-order valence-corrected chi connectivity index (χ4v) is 4.08. The smallest absolute Gasteiger partial charge is 0.191 e. The summed E-state index contributed by atoms with van der Waals surface area (Å²) in [5.74, 6) is 2.97. The van der Waals surface area contributed by atoms with Gasteiger partial charge in [0.25, 0.3) is 0 Å². The third-order valence-electron chi connectivity index (χ3n) is 5.56. The van der Waals surface area contributed by atoms with Gasteiger partial charge in [0.1, 0.15) is 12.4 Å². The number of benzene rings is 1. The number of rotatable bonds is 5. The van der Waals surface area contributed by atoms with Crippen molar-refractivity contribution >= 4 is 35.6 Å². The molecule has 0 spiro atoms. The molecule has 0 saturated carbocycles. The van der Waals surface area contributed by atoms with E-state index in [2.05, 4.69) is 67.6 Å². The highest BCUT2D eigenvalue weighted by atomic mass is 127. The molecule has 0 bridgehead atoms. The summed E-state index contributed by atoms with van der Waals surface area (Å²) < 4.78 is 2.27. The Morgan fingerprint density at radius 3 is 2.83 bits per heavy atom. The van der Waals surface area contributed by atoms with Crippen molar-refractivity contribution in [1.29, 1.82) is 0 Å². The van der Waals surface area contributed by atoms with E-state index < -0.39 is 0 Å². The van der Waals surface area contributed by atoms with Crippen LogP contribution < -0.4 is 15.5 Å². The fraction of sp³-hybridized carbons (Fsp3) is 0.571. The van der Waals surface area contributed by atoms with Crippen LogP contribution in [0.15, 0.2) is 35.3 Å².